The minimum Gasteiger partial charge on any atom is -0.421 e. The Balaban J connectivity index is 1.62. The van der Waals surface area contributed by atoms with Crippen LogP contribution in [0.15, 0.2) is 51.4 Å². The first-order valence-corrected chi connectivity index (χ1v) is 9.08. The number of aryl methyl sites for hydroxylation is 2. The molecule has 9 heteroatoms. The summed E-state index contributed by atoms with van der Waals surface area (Å²) in [5, 5.41) is 10.3. The summed E-state index contributed by atoms with van der Waals surface area (Å²) in [5.41, 5.74) is 1.03. The lowest BCUT2D eigenvalue weighted by molar-refractivity contribution is -0.137. The highest BCUT2D eigenvalue weighted by atomic mass is 79.9. The van der Waals surface area contributed by atoms with Gasteiger partial charge in [0.05, 0.1) is 5.56 Å². The van der Waals surface area contributed by atoms with Crippen LogP contribution in [-0.2, 0) is 17.4 Å². The molecule has 2 aromatic carbocycles. The molecule has 0 spiro atoms. The van der Waals surface area contributed by atoms with Crippen molar-refractivity contribution < 1.29 is 22.4 Å². The normalized spacial score (nSPS) is 11.5. The van der Waals surface area contributed by atoms with E-state index in [1.165, 1.54) is 12.1 Å². The van der Waals surface area contributed by atoms with Gasteiger partial charge in [-0.05, 0) is 48.9 Å². The molecule has 1 aromatic heterocycles. The molecule has 0 unspecified atom stereocenters. The molecule has 0 saturated heterocycles. The molecule has 0 fully saturated rings. The SMILES string of the molecule is Cc1cc(NC(=O)CCc2nnc(-c3cccc(C(F)(F)F)c3)o2)ccc1Br. The molecule has 3 rings (SSSR count). The number of halogens is 4. The van der Waals surface area contributed by atoms with Gasteiger partial charge in [-0.15, -0.1) is 10.2 Å². The Labute approximate surface area is 167 Å². The van der Waals surface area contributed by atoms with Crippen LogP contribution in [0.3, 0.4) is 0 Å². The third-order valence-corrected chi connectivity index (χ3v) is 4.80. The Morgan fingerprint density at radius 1 is 1.18 bits per heavy atom. The molecule has 146 valence electrons. The predicted molar refractivity (Wildman–Crippen MR) is 101 cm³/mol. The van der Waals surface area contributed by atoms with Crippen molar-refractivity contribution in [3.8, 4) is 11.5 Å². The number of aromatic nitrogens is 2. The van der Waals surface area contributed by atoms with Gasteiger partial charge in [0.25, 0.3) is 0 Å². The van der Waals surface area contributed by atoms with E-state index in [1.54, 1.807) is 6.07 Å². The number of rotatable bonds is 5. The molecule has 0 aliphatic carbocycles. The van der Waals surface area contributed by atoms with Gasteiger partial charge >= 0.3 is 6.18 Å². The highest BCUT2D eigenvalue weighted by Crippen LogP contribution is 2.31. The zero-order valence-electron chi connectivity index (χ0n) is 14.7. The summed E-state index contributed by atoms with van der Waals surface area (Å²) in [6.45, 7) is 1.91. The fourth-order valence-corrected chi connectivity index (χ4v) is 2.71. The van der Waals surface area contributed by atoms with Crippen LogP contribution >= 0.6 is 15.9 Å². The van der Waals surface area contributed by atoms with Gasteiger partial charge in [0.1, 0.15) is 0 Å². The molecule has 0 radical (unpaired) electrons. The number of carbonyl (C=O) groups excluding carboxylic acids is 1. The van der Waals surface area contributed by atoms with E-state index in [4.69, 9.17) is 4.42 Å². The van der Waals surface area contributed by atoms with Gasteiger partial charge in [-0.3, -0.25) is 4.79 Å². The van der Waals surface area contributed by atoms with Crippen molar-refractivity contribution in [3.63, 3.8) is 0 Å². The summed E-state index contributed by atoms with van der Waals surface area (Å²) >= 11 is 3.39. The van der Waals surface area contributed by atoms with Crippen molar-refractivity contribution in [1.29, 1.82) is 0 Å². The molecule has 0 atom stereocenters. The Kier molecular flexibility index (Phi) is 5.83. The molecule has 0 aliphatic heterocycles. The second-order valence-corrected chi connectivity index (χ2v) is 6.95. The van der Waals surface area contributed by atoms with Crippen LogP contribution in [0.5, 0.6) is 0 Å². The fourth-order valence-electron chi connectivity index (χ4n) is 2.47. The van der Waals surface area contributed by atoms with Gasteiger partial charge in [0, 0.05) is 28.6 Å². The number of hydrogen-bond acceptors (Lipinski definition) is 4. The summed E-state index contributed by atoms with van der Waals surface area (Å²) < 4.78 is 44.8. The van der Waals surface area contributed by atoms with Crippen LogP contribution in [-0.4, -0.2) is 16.1 Å². The van der Waals surface area contributed by atoms with Crippen molar-refractivity contribution in [2.24, 2.45) is 0 Å². The minimum absolute atomic E-state index is 0.0231. The molecule has 3 aromatic rings. The Hall–Kier alpha value is -2.68. The lowest BCUT2D eigenvalue weighted by Gasteiger charge is -2.06. The van der Waals surface area contributed by atoms with Crippen LogP contribution in [0.2, 0.25) is 0 Å². The maximum Gasteiger partial charge on any atom is 0.416 e. The van der Waals surface area contributed by atoms with Crippen molar-refractivity contribution in [3.05, 3.63) is 64.0 Å². The van der Waals surface area contributed by atoms with E-state index in [-0.39, 0.29) is 36.1 Å². The summed E-state index contributed by atoms with van der Waals surface area (Å²) in [7, 11) is 0. The third kappa shape index (κ3) is 4.98. The molecule has 0 bridgehead atoms. The number of nitrogens with zero attached hydrogens (tertiary/aromatic N) is 2. The number of nitrogens with one attached hydrogen (secondary N) is 1. The van der Waals surface area contributed by atoms with Crippen molar-refractivity contribution in [1.82, 2.24) is 10.2 Å². The van der Waals surface area contributed by atoms with Crippen molar-refractivity contribution in [2.45, 2.75) is 25.9 Å². The van der Waals surface area contributed by atoms with Crippen LogP contribution in [0, 0.1) is 6.92 Å². The zero-order chi connectivity index (χ0) is 20.3. The van der Waals surface area contributed by atoms with Crippen LogP contribution in [0.4, 0.5) is 18.9 Å². The zero-order valence-corrected chi connectivity index (χ0v) is 16.3. The largest absolute Gasteiger partial charge is 0.421 e. The standard InChI is InChI=1S/C19H15BrF3N3O2/c1-11-9-14(5-6-15(11)20)24-16(27)7-8-17-25-26-18(28-17)12-3-2-4-13(10-12)19(21,22)23/h2-6,9-10H,7-8H2,1H3,(H,24,27). The van der Waals surface area contributed by atoms with E-state index >= 15 is 0 Å². The first-order valence-electron chi connectivity index (χ1n) is 8.28. The quantitative estimate of drug-likeness (QED) is 0.561. The van der Waals surface area contributed by atoms with E-state index in [1.807, 2.05) is 19.1 Å². The van der Waals surface area contributed by atoms with Crippen LogP contribution < -0.4 is 5.32 Å². The van der Waals surface area contributed by atoms with Gasteiger partial charge in [-0.25, -0.2) is 0 Å². The van der Waals surface area contributed by atoms with Crippen LogP contribution in [0.25, 0.3) is 11.5 Å². The topological polar surface area (TPSA) is 68.0 Å². The van der Waals surface area contributed by atoms with E-state index < -0.39 is 11.7 Å². The Morgan fingerprint density at radius 2 is 1.96 bits per heavy atom. The number of amides is 1. The minimum atomic E-state index is -4.46. The molecular weight excluding hydrogens is 439 g/mol. The predicted octanol–water partition coefficient (Wildman–Crippen LogP) is 5.40. The maximum atomic E-state index is 12.8. The molecule has 1 heterocycles. The van der Waals surface area contributed by atoms with Gasteiger partial charge in [0.15, 0.2) is 0 Å². The number of benzene rings is 2. The van der Waals surface area contributed by atoms with E-state index in [9.17, 15) is 18.0 Å². The average molecular weight is 454 g/mol. The van der Waals surface area contributed by atoms with Gasteiger partial charge in [-0.1, -0.05) is 22.0 Å². The summed E-state index contributed by atoms with van der Waals surface area (Å²) in [5.74, 6) is -0.0832. The molecule has 5 nitrogen and oxygen atoms in total. The molecule has 1 amide bonds. The monoisotopic (exact) mass is 453 g/mol. The average Bonchev–Trinajstić information content (AvgIpc) is 3.12. The molecular formula is C19H15BrF3N3O2. The highest BCUT2D eigenvalue weighted by molar-refractivity contribution is 9.10. The van der Waals surface area contributed by atoms with Crippen LogP contribution in [0.1, 0.15) is 23.4 Å². The van der Waals surface area contributed by atoms with E-state index in [0.29, 0.717) is 5.69 Å². The Morgan fingerprint density at radius 3 is 2.68 bits per heavy atom. The lowest BCUT2D eigenvalue weighted by atomic mass is 10.1. The van der Waals surface area contributed by atoms with E-state index in [0.717, 1.165) is 22.2 Å². The first kappa shape index (κ1) is 20.1. The smallest absolute Gasteiger partial charge is 0.416 e. The Bertz CT molecular complexity index is 1000. The van der Waals surface area contributed by atoms with Crippen molar-refractivity contribution >= 4 is 27.5 Å². The van der Waals surface area contributed by atoms with Gasteiger partial charge in [-0.2, -0.15) is 13.2 Å². The fraction of sp³-hybridized carbons (Fsp3) is 0.211. The van der Waals surface area contributed by atoms with Gasteiger partial charge in [0.2, 0.25) is 17.7 Å². The summed E-state index contributed by atoms with van der Waals surface area (Å²) in [4.78, 5) is 12.1. The molecule has 0 saturated carbocycles. The molecule has 28 heavy (non-hydrogen) atoms. The van der Waals surface area contributed by atoms with Gasteiger partial charge < -0.3 is 9.73 Å². The van der Waals surface area contributed by atoms with E-state index in [2.05, 4.69) is 31.4 Å². The van der Waals surface area contributed by atoms with Crippen molar-refractivity contribution in [2.75, 3.05) is 5.32 Å². The number of alkyl halides is 3. The number of anilines is 1. The first-order chi connectivity index (χ1) is 13.2. The molecule has 0 aliphatic rings. The molecule has 1 N–H and O–H groups in total. The third-order valence-electron chi connectivity index (χ3n) is 3.91. The summed E-state index contributed by atoms with van der Waals surface area (Å²) in [6, 6.07) is 10.1. The number of hydrogen-bond donors (Lipinski definition) is 1. The second-order valence-electron chi connectivity index (χ2n) is 6.09. The number of carbonyl (C=O) groups is 1. The highest BCUT2D eigenvalue weighted by Gasteiger charge is 2.30. The summed E-state index contributed by atoms with van der Waals surface area (Å²) in [6.07, 6.45) is -4.19. The second kappa shape index (κ2) is 8.14. The lowest BCUT2D eigenvalue weighted by Crippen LogP contribution is -2.12. The maximum absolute atomic E-state index is 12.8.